The van der Waals surface area contributed by atoms with Crippen molar-refractivity contribution < 1.29 is 0 Å². The Labute approximate surface area is 112 Å². The van der Waals surface area contributed by atoms with Gasteiger partial charge in [0.25, 0.3) is 0 Å². The van der Waals surface area contributed by atoms with E-state index in [9.17, 15) is 0 Å². The van der Waals surface area contributed by atoms with Crippen molar-refractivity contribution in [3.05, 3.63) is 36.0 Å². The summed E-state index contributed by atoms with van der Waals surface area (Å²) in [7, 11) is 2.81. The molecule has 0 spiro atoms. The van der Waals surface area contributed by atoms with Gasteiger partial charge in [-0.15, -0.1) is 0 Å². The van der Waals surface area contributed by atoms with Crippen LogP contribution in [0.1, 0.15) is 38.2 Å². The average Bonchev–Trinajstić information content (AvgIpc) is 2.86. The zero-order valence-electron chi connectivity index (χ0n) is 11.3. The molecule has 2 nitrogen and oxygen atoms in total. The second-order valence-corrected chi connectivity index (χ2v) is 5.33. The second-order valence-electron chi connectivity index (χ2n) is 4.60. The zero-order valence-corrected chi connectivity index (χ0v) is 12.5. The number of piperidine rings is 1. The van der Waals surface area contributed by atoms with Crippen molar-refractivity contribution in [2.75, 3.05) is 13.1 Å². The Kier molecular flexibility index (Phi) is 4.79. The van der Waals surface area contributed by atoms with Crippen molar-refractivity contribution in [2.24, 2.45) is 0 Å². The van der Waals surface area contributed by atoms with Crippen LogP contribution in [0.5, 0.6) is 0 Å². The van der Waals surface area contributed by atoms with Gasteiger partial charge in [0, 0.05) is 30.2 Å². The number of para-hydroxylation sites is 1. The van der Waals surface area contributed by atoms with Crippen molar-refractivity contribution in [1.82, 2.24) is 9.65 Å². The monoisotopic (exact) mass is 262 g/mol. The van der Waals surface area contributed by atoms with Crippen molar-refractivity contribution in [3.63, 3.8) is 0 Å². The van der Waals surface area contributed by atoms with E-state index in [0.717, 1.165) is 5.92 Å². The number of H-pyrrole nitrogens is 1. The number of nitrogens with zero attached hydrogens (tertiary/aromatic N) is 1. The van der Waals surface area contributed by atoms with E-state index < -0.39 is 0 Å². The molecule has 0 bridgehead atoms. The van der Waals surface area contributed by atoms with Crippen LogP contribution in [-0.2, 0) is 0 Å². The number of aromatic amines is 1. The predicted molar refractivity (Wildman–Crippen MR) is 82.9 cm³/mol. The van der Waals surface area contributed by atoms with E-state index in [1.165, 1.54) is 42.4 Å². The number of aromatic nitrogens is 1. The van der Waals surface area contributed by atoms with Crippen LogP contribution >= 0.6 is 9.39 Å². The van der Waals surface area contributed by atoms with Crippen LogP contribution < -0.4 is 0 Å². The smallest absolute Gasteiger partial charge is 0.0456 e. The molecule has 0 saturated carbocycles. The van der Waals surface area contributed by atoms with Crippen LogP contribution in [0.3, 0.4) is 0 Å². The molecule has 3 rings (SSSR count). The standard InChI is InChI=1S/C13H17N2P.C2H6/c16-15-7-5-10(6-8-15)12-9-14-13-4-2-1-3-11(12)13;1-2/h1-4,9-10,14H,5-8,16H2;1-2H3. The van der Waals surface area contributed by atoms with E-state index in [0.29, 0.717) is 0 Å². The number of fused-ring (bicyclic) bond motifs is 1. The van der Waals surface area contributed by atoms with Gasteiger partial charge in [-0.1, -0.05) is 41.4 Å². The summed E-state index contributed by atoms with van der Waals surface area (Å²) in [5, 5.41) is 1.41. The Hall–Kier alpha value is -0.850. The maximum atomic E-state index is 3.38. The third-order valence-corrected chi connectivity index (χ3v) is 4.11. The van der Waals surface area contributed by atoms with Crippen LogP contribution in [0.2, 0.25) is 0 Å². The van der Waals surface area contributed by atoms with Gasteiger partial charge in [-0.25, -0.2) is 0 Å². The maximum absolute atomic E-state index is 3.38. The van der Waals surface area contributed by atoms with Crippen LogP contribution in [-0.4, -0.2) is 22.7 Å². The molecule has 1 N–H and O–H groups in total. The summed E-state index contributed by atoms with van der Waals surface area (Å²) in [5.74, 6) is 0.730. The lowest BCUT2D eigenvalue weighted by atomic mass is 9.90. The lowest BCUT2D eigenvalue weighted by Crippen LogP contribution is -2.24. The largest absolute Gasteiger partial charge is 0.361 e. The molecule has 0 radical (unpaired) electrons. The second kappa shape index (κ2) is 6.36. The van der Waals surface area contributed by atoms with Crippen molar-refractivity contribution in [3.8, 4) is 0 Å². The number of benzene rings is 1. The highest BCUT2D eigenvalue weighted by atomic mass is 31.0. The Morgan fingerprint density at radius 3 is 2.56 bits per heavy atom. The lowest BCUT2D eigenvalue weighted by Gasteiger charge is -2.28. The Morgan fingerprint density at radius 1 is 1.17 bits per heavy atom. The van der Waals surface area contributed by atoms with Gasteiger partial charge in [0.2, 0.25) is 0 Å². The summed E-state index contributed by atoms with van der Waals surface area (Å²) in [6.07, 6.45) is 4.74. The highest BCUT2D eigenvalue weighted by molar-refractivity contribution is 7.13. The number of rotatable bonds is 1. The molecular formula is C15H23N2P. The molecule has 18 heavy (non-hydrogen) atoms. The number of hydrogen-bond acceptors (Lipinski definition) is 1. The van der Waals surface area contributed by atoms with E-state index in [1.54, 1.807) is 0 Å². The van der Waals surface area contributed by atoms with E-state index in [-0.39, 0.29) is 0 Å². The van der Waals surface area contributed by atoms with Crippen LogP contribution in [0.15, 0.2) is 30.5 Å². The average molecular weight is 262 g/mol. The maximum Gasteiger partial charge on any atom is 0.0456 e. The molecule has 2 aromatic rings. The quantitative estimate of drug-likeness (QED) is 0.764. The topological polar surface area (TPSA) is 19.0 Å². The predicted octanol–water partition coefficient (Wildman–Crippen LogP) is 4.16. The third-order valence-electron chi connectivity index (χ3n) is 3.59. The number of hydrogen-bond donors (Lipinski definition) is 1. The van der Waals surface area contributed by atoms with Gasteiger partial charge < -0.3 is 4.98 Å². The molecular weight excluding hydrogens is 239 g/mol. The Morgan fingerprint density at radius 2 is 1.83 bits per heavy atom. The molecule has 1 aromatic heterocycles. The molecule has 1 unspecified atom stereocenters. The third kappa shape index (κ3) is 2.76. The van der Waals surface area contributed by atoms with Gasteiger partial charge in [0.15, 0.2) is 0 Å². The van der Waals surface area contributed by atoms with Crippen molar-refractivity contribution in [2.45, 2.75) is 32.6 Å². The summed E-state index contributed by atoms with van der Waals surface area (Å²) in [4.78, 5) is 3.38. The van der Waals surface area contributed by atoms with Crippen LogP contribution in [0, 0.1) is 0 Å². The van der Waals surface area contributed by atoms with Gasteiger partial charge >= 0.3 is 0 Å². The molecule has 2 heterocycles. The SMILES string of the molecule is CC.PN1CCC(c2c[nH]c3ccccc23)CC1. The van der Waals surface area contributed by atoms with Crippen molar-refractivity contribution in [1.29, 1.82) is 0 Å². The summed E-state index contributed by atoms with van der Waals surface area (Å²) < 4.78 is 2.34. The highest BCUT2D eigenvalue weighted by Gasteiger charge is 2.20. The molecule has 1 aliphatic heterocycles. The minimum Gasteiger partial charge on any atom is -0.361 e. The van der Waals surface area contributed by atoms with Gasteiger partial charge in [0.05, 0.1) is 0 Å². The van der Waals surface area contributed by atoms with Gasteiger partial charge in [-0.05, 0) is 30.4 Å². The Bertz CT molecular complexity index is 484. The first-order valence-corrected chi connectivity index (χ1v) is 7.42. The number of nitrogens with one attached hydrogen (secondary N) is 1. The first-order valence-electron chi connectivity index (χ1n) is 6.90. The van der Waals surface area contributed by atoms with Gasteiger partial charge in [-0.3, -0.25) is 4.67 Å². The van der Waals surface area contributed by atoms with E-state index >= 15 is 0 Å². The molecule has 0 aliphatic carbocycles. The fraction of sp³-hybridized carbons (Fsp3) is 0.467. The fourth-order valence-corrected chi connectivity index (χ4v) is 2.94. The summed E-state index contributed by atoms with van der Waals surface area (Å²) in [6, 6.07) is 8.61. The molecule has 1 atom stereocenters. The molecule has 0 amide bonds. The first kappa shape index (κ1) is 13.6. The molecule has 1 fully saturated rings. The lowest BCUT2D eigenvalue weighted by molar-refractivity contribution is 0.346. The molecule has 1 saturated heterocycles. The van der Waals surface area contributed by atoms with Crippen LogP contribution in [0.25, 0.3) is 10.9 Å². The minimum absolute atomic E-state index is 0.730. The molecule has 1 aliphatic rings. The normalized spacial score (nSPS) is 17.5. The van der Waals surface area contributed by atoms with E-state index in [2.05, 4.69) is 49.5 Å². The minimum atomic E-state index is 0.730. The first-order chi connectivity index (χ1) is 8.84. The fourth-order valence-electron chi connectivity index (χ4n) is 2.64. The van der Waals surface area contributed by atoms with Gasteiger partial charge in [0.1, 0.15) is 0 Å². The van der Waals surface area contributed by atoms with E-state index in [1.807, 2.05) is 13.8 Å². The van der Waals surface area contributed by atoms with Crippen LogP contribution in [0.4, 0.5) is 0 Å². The summed E-state index contributed by atoms with van der Waals surface area (Å²) >= 11 is 0. The van der Waals surface area contributed by atoms with E-state index in [4.69, 9.17) is 0 Å². The highest BCUT2D eigenvalue weighted by Crippen LogP contribution is 2.33. The molecule has 98 valence electrons. The van der Waals surface area contributed by atoms with Gasteiger partial charge in [-0.2, -0.15) is 0 Å². The molecule has 3 heteroatoms. The molecule has 1 aromatic carbocycles. The van der Waals surface area contributed by atoms with Crippen molar-refractivity contribution >= 4 is 20.3 Å². The summed E-state index contributed by atoms with van der Waals surface area (Å²) in [6.45, 7) is 6.38. The Balaban J connectivity index is 0.000000574. The zero-order chi connectivity index (χ0) is 13.0. The summed E-state index contributed by atoms with van der Waals surface area (Å²) in [5.41, 5.74) is 2.78.